The molecule has 4 rings (SSSR count). The number of hydrogen-bond donors (Lipinski definition) is 5. The highest BCUT2D eigenvalue weighted by Gasteiger charge is 2.28. The van der Waals surface area contributed by atoms with E-state index >= 15 is 0 Å². The molecule has 18 heteroatoms. The van der Waals surface area contributed by atoms with Crippen LogP contribution >= 0.6 is 0 Å². The molecule has 0 aliphatic heterocycles. The minimum absolute atomic E-state index is 0.0866. The lowest BCUT2D eigenvalue weighted by Gasteiger charge is -2.13. The third-order valence-electron chi connectivity index (χ3n) is 5.23. The molecule has 40 heavy (non-hydrogen) atoms. The fraction of sp³-hybridized carbons (Fsp3) is 0. The van der Waals surface area contributed by atoms with Gasteiger partial charge in [-0.05, 0) is 53.9 Å². The lowest BCUT2D eigenvalue weighted by molar-refractivity contribution is 0.458. The number of benzene rings is 4. The summed E-state index contributed by atoms with van der Waals surface area (Å²) in [5.74, 6) is -2.13. The molecule has 0 bridgehead atoms. The largest absolute Gasteiger partial charge is 0.505 e. The molecule has 0 unspecified atom stereocenters. The van der Waals surface area contributed by atoms with E-state index in [0.29, 0.717) is 12.1 Å². The third kappa shape index (κ3) is 5.96. The van der Waals surface area contributed by atoms with Crippen molar-refractivity contribution in [2.75, 3.05) is 0 Å². The Kier molecular flexibility index (Phi) is 7.41. The Balaban J connectivity index is 1.98. The zero-order valence-electron chi connectivity index (χ0n) is 19.6. The number of rotatable bonds is 7. The predicted octanol–water partition coefficient (Wildman–Crippen LogP) is 4.82. The summed E-state index contributed by atoms with van der Waals surface area (Å²) in [6.45, 7) is 0. The molecule has 15 nitrogen and oxygen atoms in total. The van der Waals surface area contributed by atoms with Gasteiger partial charge >= 0.3 is 0 Å². The number of phenolic OH excluding ortho intramolecular Hbond substituents is 2. The van der Waals surface area contributed by atoms with E-state index in [9.17, 15) is 44.6 Å². The van der Waals surface area contributed by atoms with Gasteiger partial charge in [-0.25, -0.2) is 0 Å². The summed E-state index contributed by atoms with van der Waals surface area (Å²) in [5, 5.41) is 35.6. The maximum Gasteiger partial charge on any atom is 0.296 e. The summed E-state index contributed by atoms with van der Waals surface area (Å²) in [7, 11) is -14.8. The van der Waals surface area contributed by atoms with Crippen molar-refractivity contribution < 1.29 is 49.1 Å². The van der Waals surface area contributed by atoms with Gasteiger partial charge in [0.15, 0.2) is 11.5 Å². The molecule has 0 saturated carbocycles. The first kappa shape index (κ1) is 28.7. The fourth-order valence-electron chi connectivity index (χ4n) is 3.44. The fourth-order valence-corrected chi connectivity index (χ4v) is 5.24. The van der Waals surface area contributed by atoms with Crippen molar-refractivity contribution in [2.45, 2.75) is 14.7 Å². The Morgan fingerprint density at radius 3 is 1.35 bits per heavy atom. The minimum Gasteiger partial charge on any atom is -0.505 e. The number of hydrogen-bond acceptors (Lipinski definition) is 12. The van der Waals surface area contributed by atoms with Gasteiger partial charge in [-0.1, -0.05) is 18.2 Å². The van der Waals surface area contributed by atoms with E-state index in [1.54, 1.807) is 18.2 Å². The SMILES string of the molecule is O=S(=O)(O)c1ccc(N=Nc2c(S(=O)(=O)O)cc3cc(S(=O)(=O)O)c(N=Nc4ccccc4)c(O)c3c2O)cc1. The van der Waals surface area contributed by atoms with Crippen molar-refractivity contribution in [1.82, 2.24) is 0 Å². The summed E-state index contributed by atoms with van der Waals surface area (Å²) in [6, 6.07) is 13.3. The van der Waals surface area contributed by atoms with E-state index in [2.05, 4.69) is 20.5 Å². The van der Waals surface area contributed by atoms with Crippen molar-refractivity contribution in [3.05, 3.63) is 66.7 Å². The van der Waals surface area contributed by atoms with Gasteiger partial charge in [0, 0.05) is 0 Å². The van der Waals surface area contributed by atoms with E-state index in [0.717, 1.165) is 24.3 Å². The van der Waals surface area contributed by atoms with E-state index in [-0.39, 0.29) is 11.4 Å². The van der Waals surface area contributed by atoms with Crippen molar-refractivity contribution in [1.29, 1.82) is 0 Å². The van der Waals surface area contributed by atoms with Crippen molar-refractivity contribution in [3.63, 3.8) is 0 Å². The van der Waals surface area contributed by atoms with Crippen molar-refractivity contribution in [2.24, 2.45) is 20.5 Å². The summed E-state index contributed by atoms with van der Waals surface area (Å²) >= 11 is 0. The monoisotopic (exact) mass is 608 g/mol. The second kappa shape index (κ2) is 10.3. The van der Waals surface area contributed by atoms with Gasteiger partial charge in [-0.3, -0.25) is 13.7 Å². The average Bonchev–Trinajstić information content (AvgIpc) is 2.86. The predicted molar refractivity (Wildman–Crippen MR) is 138 cm³/mol. The van der Waals surface area contributed by atoms with Gasteiger partial charge in [0.1, 0.15) is 21.2 Å². The molecule has 0 heterocycles. The molecular weight excluding hydrogens is 592 g/mol. The Labute approximate surface area is 226 Å². The summed E-state index contributed by atoms with van der Waals surface area (Å²) in [6.07, 6.45) is 0. The number of aromatic hydroxyl groups is 2. The summed E-state index contributed by atoms with van der Waals surface area (Å²) < 4.78 is 99.3. The van der Waals surface area contributed by atoms with Crippen LogP contribution in [0, 0.1) is 0 Å². The van der Waals surface area contributed by atoms with Crippen LogP contribution in [-0.4, -0.2) is 49.1 Å². The van der Waals surface area contributed by atoms with Crippen LogP contribution < -0.4 is 0 Å². The standard InChI is InChI=1S/C22H16N4O11S3/c27-21-18-12(10-16(39(32,33)34)19(21)25-23-13-4-2-1-3-5-13)11-17(40(35,36)37)20(22(18)28)26-24-14-6-8-15(9-7-14)38(29,30)31/h1-11,27-28H,(H,29,30,31)(H,32,33,34)(H,35,36,37). The highest BCUT2D eigenvalue weighted by atomic mass is 32.2. The van der Waals surface area contributed by atoms with E-state index in [1.165, 1.54) is 12.1 Å². The normalized spacial score (nSPS) is 13.0. The topological polar surface area (TPSA) is 253 Å². The number of phenols is 2. The van der Waals surface area contributed by atoms with Gasteiger partial charge < -0.3 is 10.2 Å². The molecule has 0 aromatic heterocycles. The highest BCUT2D eigenvalue weighted by molar-refractivity contribution is 7.86. The zero-order valence-corrected chi connectivity index (χ0v) is 22.0. The molecule has 0 atom stereocenters. The molecule has 0 fully saturated rings. The molecule has 0 saturated heterocycles. The van der Waals surface area contributed by atoms with Crippen LogP contribution in [0.3, 0.4) is 0 Å². The molecule has 0 radical (unpaired) electrons. The van der Waals surface area contributed by atoms with Crippen LogP contribution in [0.2, 0.25) is 0 Å². The van der Waals surface area contributed by atoms with Crippen LogP contribution in [-0.2, 0) is 30.4 Å². The van der Waals surface area contributed by atoms with Gasteiger partial charge in [-0.2, -0.15) is 35.5 Å². The Morgan fingerprint density at radius 1 is 0.525 bits per heavy atom. The number of azo groups is 2. The molecule has 0 amide bonds. The molecule has 4 aromatic rings. The molecule has 5 N–H and O–H groups in total. The average molecular weight is 609 g/mol. The molecule has 0 spiro atoms. The Morgan fingerprint density at radius 2 is 0.950 bits per heavy atom. The molecule has 0 aliphatic rings. The van der Waals surface area contributed by atoms with Crippen LogP contribution in [0.25, 0.3) is 10.8 Å². The first-order chi connectivity index (χ1) is 18.6. The Hall–Kier alpha value is -4.33. The van der Waals surface area contributed by atoms with Gasteiger partial charge in [0.05, 0.1) is 21.7 Å². The highest BCUT2D eigenvalue weighted by Crippen LogP contribution is 2.50. The first-order valence-electron chi connectivity index (χ1n) is 10.5. The Bertz CT molecular complexity index is 2030. The quantitative estimate of drug-likeness (QED) is 0.140. The number of fused-ring (bicyclic) bond motifs is 1. The smallest absolute Gasteiger partial charge is 0.296 e. The number of nitrogens with zero attached hydrogens (tertiary/aromatic N) is 4. The van der Waals surface area contributed by atoms with Crippen LogP contribution in [0.5, 0.6) is 11.5 Å². The van der Waals surface area contributed by atoms with Crippen molar-refractivity contribution >= 4 is 63.9 Å². The van der Waals surface area contributed by atoms with E-state index < -0.39 is 78.7 Å². The zero-order chi connectivity index (χ0) is 29.5. The minimum atomic E-state index is -5.16. The lowest BCUT2D eigenvalue weighted by atomic mass is 10.1. The van der Waals surface area contributed by atoms with Crippen molar-refractivity contribution in [3.8, 4) is 11.5 Å². The maximum absolute atomic E-state index is 12.1. The summed E-state index contributed by atoms with van der Waals surface area (Å²) in [5.41, 5.74) is -1.56. The van der Waals surface area contributed by atoms with Crippen LogP contribution in [0.1, 0.15) is 0 Å². The van der Waals surface area contributed by atoms with Crippen LogP contribution in [0.15, 0.2) is 102 Å². The van der Waals surface area contributed by atoms with Gasteiger partial charge in [0.2, 0.25) is 0 Å². The van der Waals surface area contributed by atoms with E-state index in [4.69, 9.17) is 4.55 Å². The van der Waals surface area contributed by atoms with Gasteiger partial charge in [0.25, 0.3) is 30.4 Å². The molecule has 0 aliphatic carbocycles. The summed E-state index contributed by atoms with van der Waals surface area (Å²) in [4.78, 5) is -2.53. The third-order valence-corrected chi connectivity index (χ3v) is 7.83. The first-order valence-corrected chi connectivity index (χ1v) is 14.9. The van der Waals surface area contributed by atoms with Gasteiger partial charge in [-0.15, -0.1) is 10.2 Å². The van der Waals surface area contributed by atoms with E-state index in [1.807, 2.05) is 0 Å². The molecular formula is C22H16N4O11S3. The molecule has 4 aromatic carbocycles. The van der Waals surface area contributed by atoms with Crippen LogP contribution in [0.4, 0.5) is 22.7 Å². The maximum atomic E-state index is 12.1. The lowest BCUT2D eigenvalue weighted by Crippen LogP contribution is -2.01. The molecule has 208 valence electrons. The second-order valence-electron chi connectivity index (χ2n) is 7.90. The second-order valence-corrected chi connectivity index (χ2v) is 12.1.